The molecule has 0 rings (SSSR count). The van der Waals surface area contributed by atoms with Gasteiger partial charge in [0.05, 0.1) is 6.17 Å². The topological polar surface area (TPSA) is 104 Å². The van der Waals surface area contributed by atoms with Gasteiger partial charge in [0.2, 0.25) is 0 Å². The van der Waals surface area contributed by atoms with Crippen LogP contribution in [0.3, 0.4) is 0 Å². The van der Waals surface area contributed by atoms with E-state index in [2.05, 4.69) is 0 Å². The van der Waals surface area contributed by atoms with Gasteiger partial charge in [-0.25, -0.2) is 0 Å². The summed E-state index contributed by atoms with van der Waals surface area (Å²) in [6.45, 7) is 1.13. The van der Waals surface area contributed by atoms with E-state index < -0.39 is 0 Å². The van der Waals surface area contributed by atoms with Crippen molar-refractivity contribution in [2.24, 2.45) is 28.9 Å². The van der Waals surface area contributed by atoms with Crippen molar-refractivity contribution in [2.45, 2.75) is 12.6 Å². The van der Waals surface area contributed by atoms with Crippen molar-refractivity contribution < 1.29 is 0 Å². The van der Waals surface area contributed by atoms with Gasteiger partial charge < -0.3 is 22.9 Å². The first kappa shape index (κ1) is 8.84. The molecule has 0 heterocycles. The van der Waals surface area contributed by atoms with Gasteiger partial charge in [0.15, 0.2) is 0 Å². The lowest BCUT2D eigenvalue weighted by Crippen LogP contribution is -2.43. The fourth-order valence-corrected chi connectivity index (χ4v) is 0.682. The normalized spacial score (nSPS) is 14.3. The fourth-order valence-electron chi connectivity index (χ4n) is 0.682. The van der Waals surface area contributed by atoms with Crippen LogP contribution in [0.1, 0.15) is 6.42 Å². The first-order valence-corrected chi connectivity index (χ1v) is 3.13. The molecule has 0 saturated carbocycles. The zero-order valence-corrected chi connectivity index (χ0v) is 5.59. The van der Waals surface area contributed by atoms with Crippen LogP contribution in [0.25, 0.3) is 0 Å². The van der Waals surface area contributed by atoms with E-state index in [0.717, 1.165) is 6.42 Å². The van der Waals surface area contributed by atoms with Gasteiger partial charge in [-0.3, -0.25) is 0 Å². The quantitative estimate of drug-likeness (QED) is 0.337. The van der Waals surface area contributed by atoms with E-state index in [1.807, 2.05) is 0 Å². The smallest absolute Gasteiger partial charge is 0.0562 e. The Morgan fingerprint density at radius 2 is 1.67 bits per heavy atom. The third-order valence-corrected chi connectivity index (χ3v) is 1.38. The summed E-state index contributed by atoms with van der Waals surface area (Å²) in [5.41, 5.74) is 21.4. The highest BCUT2D eigenvalue weighted by atomic mass is 14.9. The minimum Gasteiger partial charge on any atom is -0.330 e. The minimum absolute atomic E-state index is 0.176. The molecular weight excluding hydrogens is 116 g/mol. The predicted molar refractivity (Wildman–Crippen MR) is 38.4 cm³/mol. The standard InChI is InChI=1S/C5H16N4/c6-2-1-4(3-7)5(8)9/h4-5H,1-3,6-9H2. The van der Waals surface area contributed by atoms with Crippen LogP contribution in [0, 0.1) is 5.92 Å². The van der Waals surface area contributed by atoms with Crippen molar-refractivity contribution in [1.82, 2.24) is 0 Å². The summed E-state index contributed by atoms with van der Waals surface area (Å²) in [5, 5.41) is 0. The Hall–Kier alpha value is -0.160. The number of hydrogen-bond donors (Lipinski definition) is 4. The second-order valence-electron chi connectivity index (χ2n) is 2.15. The van der Waals surface area contributed by atoms with Crippen molar-refractivity contribution >= 4 is 0 Å². The van der Waals surface area contributed by atoms with E-state index in [1.165, 1.54) is 0 Å². The molecule has 0 aromatic heterocycles. The van der Waals surface area contributed by atoms with Crippen LogP contribution in [-0.2, 0) is 0 Å². The summed E-state index contributed by atoms with van der Waals surface area (Å²) < 4.78 is 0. The molecule has 0 aliphatic carbocycles. The second-order valence-corrected chi connectivity index (χ2v) is 2.15. The van der Waals surface area contributed by atoms with Crippen LogP contribution >= 0.6 is 0 Å². The Balaban J connectivity index is 3.41. The Kier molecular flexibility index (Phi) is 4.61. The molecule has 4 nitrogen and oxygen atoms in total. The van der Waals surface area contributed by atoms with Crippen molar-refractivity contribution in [1.29, 1.82) is 0 Å². The van der Waals surface area contributed by atoms with E-state index in [-0.39, 0.29) is 12.1 Å². The maximum absolute atomic E-state index is 5.38. The van der Waals surface area contributed by atoms with Gasteiger partial charge >= 0.3 is 0 Å². The van der Waals surface area contributed by atoms with Crippen LogP contribution in [0.15, 0.2) is 0 Å². The average molecular weight is 132 g/mol. The van der Waals surface area contributed by atoms with Crippen molar-refractivity contribution in [3.05, 3.63) is 0 Å². The number of nitrogens with two attached hydrogens (primary N) is 4. The van der Waals surface area contributed by atoms with E-state index in [1.54, 1.807) is 0 Å². The lowest BCUT2D eigenvalue weighted by atomic mass is 10.0. The maximum atomic E-state index is 5.38. The Morgan fingerprint density at radius 3 is 1.78 bits per heavy atom. The summed E-state index contributed by atoms with van der Waals surface area (Å²) in [7, 11) is 0. The molecule has 0 bridgehead atoms. The third-order valence-electron chi connectivity index (χ3n) is 1.38. The number of rotatable bonds is 4. The molecular formula is C5H16N4. The van der Waals surface area contributed by atoms with Crippen LogP contribution in [0.2, 0.25) is 0 Å². The summed E-state index contributed by atoms with van der Waals surface area (Å²) >= 11 is 0. The first-order valence-electron chi connectivity index (χ1n) is 3.13. The Bertz CT molecular complexity index is 64.0. The highest BCUT2D eigenvalue weighted by molar-refractivity contribution is 4.67. The molecule has 0 fully saturated rings. The molecule has 0 saturated heterocycles. The molecule has 8 N–H and O–H groups in total. The van der Waals surface area contributed by atoms with Crippen molar-refractivity contribution in [3.8, 4) is 0 Å². The van der Waals surface area contributed by atoms with Gasteiger partial charge in [-0.15, -0.1) is 0 Å². The monoisotopic (exact) mass is 132 g/mol. The lowest BCUT2D eigenvalue weighted by molar-refractivity contribution is 0.415. The number of hydrogen-bond acceptors (Lipinski definition) is 4. The molecule has 0 amide bonds. The van der Waals surface area contributed by atoms with Crippen LogP contribution in [-0.4, -0.2) is 19.3 Å². The molecule has 1 unspecified atom stereocenters. The van der Waals surface area contributed by atoms with Gasteiger partial charge in [-0.05, 0) is 19.5 Å². The molecule has 0 aromatic rings. The Labute approximate surface area is 55.6 Å². The second kappa shape index (κ2) is 4.69. The summed E-state index contributed by atoms with van der Waals surface area (Å²) in [6.07, 6.45) is 0.493. The summed E-state index contributed by atoms with van der Waals surface area (Å²) in [4.78, 5) is 0. The van der Waals surface area contributed by atoms with Gasteiger partial charge in [0.25, 0.3) is 0 Å². The summed E-state index contributed by atoms with van der Waals surface area (Å²) in [6, 6.07) is 0. The van der Waals surface area contributed by atoms with E-state index >= 15 is 0 Å². The zero-order valence-electron chi connectivity index (χ0n) is 5.59. The molecule has 9 heavy (non-hydrogen) atoms. The largest absolute Gasteiger partial charge is 0.330 e. The van der Waals surface area contributed by atoms with Crippen LogP contribution < -0.4 is 22.9 Å². The van der Waals surface area contributed by atoms with Gasteiger partial charge in [-0.1, -0.05) is 0 Å². The highest BCUT2D eigenvalue weighted by Gasteiger charge is 2.09. The van der Waals surface area contributed by atoms with E-state index in [0.29, 0.717) is 13.1 Å². The molecule has 1 atom stereocenters. The van der Waals surface area contributed by atoms with E-state index in [4.69, 9.17) is 22.9 Å². The molecule has 56 valence electrons. The molecule has 0 spiro atoms. The van der Waals surface area contributed by atoms with Crippen molar-refractivity contribution in [3.63, 3.8) is 0 Å². The van der Waals surface area contributed by atoms with Crippen LogP contribution in [0.5, 0.6) is 0 Å². The van der Waals surface area contributed by atoms with Gasteiger partial charge in [0.1, 0.15) is 0 Å². The predicted octanol–water partition coefficient (Wildman–Crippen LogP) is -1.85. The molecule has 0 aliphatic heterocycles. The molecule has 4 heteroatoms. The summed E-state index contributed by atoms with van der Waals surface area (Å²) in [5.74, 6) is 0.176. The average Bonchev–Trinajstić information content (AvgIpc) is 1.82. The van der Waals surface area contributed by atoms with Crippen molar-refractivity contribution in [2.75, 3.05) is 13.1 Å². The molecule has 0 aliphatic rings. The lowest BCUT2D eigenvalue weighted by Gasteiger charge is -2.16. The van der Waals surface area contributed by atoms with E-state index in [9.17, 15) is 0 Å². The molecule has 0 radical (unpaired) electrons. The van der Waals surface area contributed by atoms with Gasteiger partial charge in [0, 0.05) is 5.92 Å². The first-order chi connectivity index (χ1) is 4.22. The minimum atomic E-state index is -0.321. The zero-order chi connectivity index (χ0) is 7.28. The maximum Gasteiger partial charge on any atom is 0.0562 e. The van der Waals surface area contributed by atoms with Crippen LogP contribution in [0.4, 0.5) is 0 Å². The highest BCUT2D eigenvalue weighted by Crippen LogP contribution is 1.98. The Morgan fingerprint density at radius 1 is 1.11 bits per heavy atom. The fraction of sp³-hybridized carbons (Fsp3) is 1.00. The van der Waals surface area contributed by atoms with Gasteiger partial charge in [-0.2, -0.15) is 0 Å². The SMILES string of the molecule is NCCC(CN)C(N)N. The molecule has 0 aromatic carbocycles. The third kappa shape index (κ3) is 3.42.